The molecule has 1 aliphatic carbocycles. The smallest absolute Gasteiger partial charge is 0.191 e. The zero-order valence-corrected chi connectivity index (χ0v) is 18.3. The molecule has 0 bridgehead atoms. The molecule has 2 aromatic rings. The molecule has 1 saturated carbocycles. The number of anilines is 1. The van der Waals surface area contributed by atoms with Gasteiger partial charge in [0, 0.05) is 45.8 Å². The second kappa shape index (κ2) is 9.34. The molecule has 1 aromatic carbocycles. The molecule has 0 spiro atoms. The van der Waals surface area contributed by atoms with Gasteiger partial charge in [-0.1, -0.05) is 12.1 Å². The van der Waals surface area contributed by atoms with E-state index in [1.54, 1.807) is 19.2 Å². The Morgan fingerprint density at radius 2 is 2.00 bits per heavy atom. The first kappa shape index (κ1) is 21.4. The van der Waals surface area contributed by atoms with Gasteiger partial charge in [-0.25, -0.2) is 9.37 Å². The summed E-state index contributed by atoms with van der Waals surface area (Å²) in [7, 11) is 5.71. The fraction of sp³-hybridized carbons (Fsp3) is 0.400. The van der Waals surface area contributed by atoms with Gasteiger partial charge in [0.05, 0.1) is 0 Å². The first-order valence-corrected chi connectivity index (χ1v) is 8.85. The van der Waals surface area contributed by atoms with Gasteiger partial charge in [0.25, 0.3) is 0 Å². The van der Waals surface area contributed by atoms with Crippen molar-refractivity contribution in [3.63, 3.8) is 0 Å². The summed E-state index contributed by atoms with van der Waals surface area (Å²) >= 11 is 0. The van der Waals surface area contributed by atoms with Crippen molar-refractivity contribution in [1.29, 1.82) is 0 Å². The second-order valence-corrected chi connectivity index (χ2v) is 6.99. The highest BCUT2D eigenvalue weighted by Crippen LogP contribution is 2.47. The number of hydrogen-bond acceptors (Lipinski definition) is 3. The molecule has 27 heavy (non-hydrogen) atoms. The Hall–Kier alpha value is -1.90. The van der Waals surface area contributed by atoms with Crippen molar-refractivity contribution in [2.24, 2.45) is 4.99 Å². The minimum Gasteiger partial charge on any atom is -0.363 e. The number of pyridine rings is 1. The quantitative estimate of drug-likeness (QED) is 0.376. The van der Waals surface area contributed by atoms with Gasteiger partial charge < -0.3 is 15.5 Å². The predicted octanol–water partition coefficient (Wildman–Crippen LogP) is 3.30. The lowest BCUT2D eigenvalue weighted by molar-refractivity contribution is 0.607. The number of nitrogens with zero attached hydrogens (tertiary/aromatic N) is 3. The van der Waals surface area contributed by atoms with E-state index in [2.05, 4.69) is 26.7 Å². The van der Waals surface area contributed by atoms with Crippen LogP contribution in [0.5, 0.6) is 0 Å². The number of benzene rings is 1. The second-order valence-electron chi connectivity index (χ2n) is 6.99. The summed E-state index contributed by atoms with van der Waals surface area (Å²) in [5, 5.41) is 6.72. The van der Waals surface area contributed by atoms with Crippen LogP contribution >= 0.6 is 24.0 Å². The number of hydrogen-bond donors (Lipinski definition) is 2. The maximum absolute atomic E-state index is 13.5. The van der Waals surface area contributed by atoms with Gasteiger partial charge in [-0.2, -0.15) is 0 Å². The Morgan fingerprint density at radius 3 is 2.63 bits per heavy atom. The van der Waals surface area contributed by atoms with E-state index in [9.17, 15) is 4.39 Å². The van der Waals surface area contributed by atoms with Gasteiger partial charge >= 0.3 is 0 Å². The number of rotatable bonds is 6. The third-order valence-corrected chi connectivity index (χ3v) is 4.84. The zero-order valence-electron chi connectivity index (χ0n) is 16.0. The molecule has 1 fully saturated rings. The molecule has 3 rings (SSSR count). The molecular weight excluding hydrogens is 456 g/mol. The molecule has 1 aliphatic rings. The predicted molar refractivity (Wildman–Crippen MR) is 119 cm³/mol. The van der Waals surface area contributed by atoms with Crippen molar-refractivity contribution in [2.45, 2.75) is 24.8 Å². The highest BCUT2D eigenvalue weighted by atomic mass is 127. The third-order valence-electron chi connectivity index (χ3n) is 4.84. The summed E-state index contributed by atoms with van der Waals surface area (Å²) in [5.41, 5.74) is 2.22. The van der Waals surface area contributed by atoms with Gasteiger partial charge in [-0.15, -0.1) is 24.0 Å². The summed E-state index contributed by atoms with van der Waals surface area (Å²) in [5.74, 6) is 1.50. The average molecular weight is 483 g/mol. The molecule has 146 valence electrons. The normalized spacial score (nSPS) is 14.9. The van der Waals surface area contributed by atoms with Crippen LogP contribution in [0.4, 0.5) is 10.2 Å². The summed E-state index contributed by atoms with van der Waals surface area (Å²) in [6.07, 6.45) is 3.94. The summed E-state index contributed by atoms with van der Waals surface area (Å²) in [6, 6.07) is 11.0. The van der Waals surface area contributed by atoms with Crippen molar-refractivity contribution < 1.29 is 4.39 Å². The summed E-state index contributed by atoms with van der Waals surface area (Å²) < 4.78 is 13.5. The number of aromatic nitrogens is 1. The molecule has 1 aromatic heterocycles. The van der Waals surface area contributed by atoms with Crippen LogP contribution < -0.4 is 15.5 Å². The molecule has 0 amide bonds. The monoisotopic (exact) mass is 483 g/mol. The highest BCUT2D eigenvalue weighted by Gasteiger charge is 2.44. The molecule has 5 nitrogen and oxygen atoms in total. The lowest BCUT2D eigenvalue weighted by Crippen LogP contribution is -2.40. The Balaban J connectivity index is 0.00000261. The lowest BCUT2D eigenvalue weighted by atomic mass is 9.96. The number of guanidine groups is 1. The molecule has 7 heteroatoms. The minimum atomic E-state index is -0.175. The fourth-order valence-corrected chi connectivity index (χ4v) is 3.01. The number of nitrogens with one attached hydrogen (secondary N) is 2. The molecule has 0 aliphatic heterocycles. The minimum absolute atomic E-state index is 0. The summed E-state index contributed by atoms with van der Waals surface area (Å²) in [4.78, 5) is 10.6. The molecule has 2 N–H and O–H groups in total. The van der Waals surface area contributed by atoms with Crippen molar-refractivity contribution in [2.75, 3.05) is 32.6 Å². The molecule has 0 saturated heterocycles. The van der Waals surface area contributed by atoms with E-state index < -0.39 is 0 Å². The topological polar surface area (TPSA) is 52.6 Å². The van der Waals surface area contributed by atoms with Crippen molar-refractivity contribution in [1.82, 2.24) is 15.6 Å². The van der Waals surface area contributed by atoms with E-state index >= 15 is 0 Å². The largest absolute Gasteiger partial charge is 0.363 e. The fourth-order valence-electron chi connectivity index (χ4n) is 3.01. The Bertz CT molecular complexity index is 789. The Kier molecular flexibility index (Phi) is 7.41. The van der Waals surface area contributed by atoms with Crippen LogP contribution in [-0.2, 0) is 12.0 Å². The van der Waals surface area contributed by atoms with Crippen LogP contribution in [0.15, 0.2) is 47.6 Å². The van der Waals surface area contributed by atoms with Gasteiger partial charge in [0.1, 0.15) is 11.6 Å². The maximum Gasteiger partial charge on any atom is 0.191 e. The molecule has 0 radical (unpaired) electrons. The van der Waals surface area contributed by atoms with Crippen LogP contribution in [0.2, 0.25) is 0 Å². The van der Waals surface area contributed by atoms with E-state index in [-0.39, 0.29) is 35.2 Å². The van der Waals surface area contributed by atoms with Crippen LogP contribution in [0.25, 0.3) is 0 Å². The standard InChI is InChI=1S/C20H26FN5.HI/c1-22-19(24-13-15-7-10-23-18(11-15)26(2)3)25-14-20(8-9-20)16-5-4-6-17(21)12-16;/h4-7,10-12H,8-9,13-14H2,1-3H3,(H2,22,24,25);1H. The van der Waals surface area contributed by atoms with E-state index in [1.165, 1.54) is 6.07 Å². The van der Waals surface area contributed by atoms with Crippen molar-refractivity contribution >= 4 is 35.8 Å². The van der Waals surface area contributed by atoms with E-state index in [1.807, 2.05) is 37.3 Å². The number of aliphatic imine (C=N–C) groups is 1. The maximum atomic E-state index is 13.5. The average Bonchev–Trinajstić information content (AvgIpc) is 3.43. The van der Waals surface area contributed by atoms with Crippen LogP contribution in [-0.4, -0.2) is 38.6 Å². The third kappa shape index (κ3) is 5.54. The number of halogens is 2. The van der Waals surface area contributed by atoms with Crippen molar-refractivity contribution in [3.8, 4) is 0 Å². The van der Waals surface area contributed by atoms with Crippen LogP contribution in [0, 0.1) is 5.82 Å². The van der Waals surface area contributed by atoms with Gasteiger partial charge in [0.15, 0.2) is 5.96 Å². The first-order valence-electron chi connectivity index (χ1n) is 8.85. The molecule has 0 atom stereocenters. The van der Waals surface area contributed by atoms with E-state index in [4.69, 9.17) is 0 Å². The highest BCUT2D eigenvalue weighted by molar-refractivity contribution is 14.0. The molecule has 0 unspecified atom stereocenters. The molecular formula is C20H27FIN5. The van der Waals surface area contributed by atoms with Gasteiger partial charge in [0.2, 0.25) is 0 Å². The van der Waals surface area contributed by atoms with Gasteiger partial charge in [-0.05, 0) is 48.2 Å². The van der Waals surface area contributed by atoms with E-state index in [0.717, 1.165) is 42.3 Å². The molecule has 1 heterocycles. The van der Waals surface area contributed by atoms with Gasteiger partial charge in [-0.3, -0.25) is 4.99 Å². The van der Waals surface area contributed by atoms with E-state index in [0.29, 0.717) is 6.54 Å². The van der Waals surface area contributed by atoms with Crippen LogP contribution in [0.1, 0.15) is 24.0 Å². The van der Waals surface area contributed by atoms with Crippen molar-refractivity contribution in [3.05, 3.63) is 59.5 Å². The Labute approximate surface area is 177 Å². The summed E-state index contributed by atoms with van der Waals surface area (Å²) in [6.45, 7) is 1.41. The van der Waals surface area contributed by atoms with Crippen LogP contribution in [0.3, 0.4) is 0 Å². The Morgan fingerprint density at radius 1 is 1.22 bits per heavy atom. The lowest BCUT2D eigenvalue weighted by Gasteiger charge is -2.19. The SMILES string of the molecule is CN=C(NCc1ccnc(N(C)C)c1)NCC1(c2cccc(F)c2)CC1.I. The zero-order chi connectivity index (χ0) is 18.6. The first-order chi connectivity index (χ1) is 12.5.